The van der Waals surface area contributed by atoms with E-state index in [0.717, 1.165) is 25.8 Å². The molecule has 1 amide bonds. The molecule has 0 spiro atoms. The summed E-state index contributed by atoms with van der Waals surface area (Å²) in [5.74, 6) is -0.992. The zero-order valence-electron chi connectivity index (χ0n) is 18.2. The minimum absolute atomic E-state index is 0.142. The van der Waals surface area contributed by atoms with E-state index in [2.05, 4.69) is 19.1 Å². The third-order valence-corrected chi connectivity index (χ3v) is 5.78. The maximum Gasteiger partial charge on any atom is 0.308 e. The lowest BCUT2D eigenvalue weighted by Crippen LogP contribution is -2.42. The molecule has 0 aromatic carbocycles. The smallest absolute Gasteiger partial charge is 0.308 e. The van der Waals surface area contributed by atoms with Gasteiger partial charge in [-0.25, -0.2) is 0 Å². The highest BCUT2D eigenvalue weighted by Crippen LogP contribution is 2.18. The van der Waals surface area contributed by atoms with Gasteiger partial charge in [0, 0.05) is 19.5 Å². The standard InChI is InChI=1S/C24H43NO3/c1-2-3-4-5-6-7-8-9-10-11-12-13-14-15-16-19-23(26)25-20-17-18-22(21-25)24(27)28/h9-10,22H,2-8,11-21H2,1H3,(H,27,28)/b10-9-. The van der Waals surface area contributed by atoms with E-state index < -0.39 is 5.97 Å². The van der Waals surface area contributed by atoms with Crippen molar-refractivity contribution in [2.24, 2.45) is 5.92 Å². The minimum atomic E-state index is -0.765. The fourth-order valence-electron chi connectivity index (χ4n) is 3.91. The number of hydrogen-bond acceptors (Lipinski definition) is 2. The highest BCUT2D eigenvalue weighted by atomic mass is 16.4. The van der Waals surface area contributed by atoms with Gasteiger partial charge in [-0.2, -0.15) is 0 Å². The van der Waals surface area contributed by atoms with Crippen molar-refractivity contribution >= 4 is 11.9 Å². The molecule has 0 saturated carbocycles. The van der Waals surface area contributed by atoms with Crippen molar-refractivity contribution < 1.29 is 14.7 Å². The van der Waals surface area contributed by atoms with Crippen LogP contribution in [0.3, 0.4) is 0 Å². The minimum Gasteiger partial charge on any atom is -0.481 e. The molecule has 4 heteroatoms. The van der Waals surface area contributed by atoms with Crippen LogP contribution >= 0.6 is 0 Å². The molecular weight excluding hydrogens is 350 g/mol. The van der Waals surface area contributed by atoms with Gasteiger partial charge in [-0.05, 0) is 44.9 Å². The topological polar surface area (TPSA) is 57.6 Å². The van der Waals surface area contributed by atoms with Crippen molar-refractivity contribution in [3.8, 4) is 0 Å². The second-order valence-electron chi connectivity index (χ2n) is 8.35. The Hall–Kier alpha value is -1.32. The van der Waals surface area contributed by atoms with Crippen LogP contribution < -0.4 is 0 Å². The van der Waals surface area contributed by atoms with Crippen LogP contribution in [0.2, 0.25) is 0 Å². The largest absolute Gasteiger partial charge is 0.481 e. The van der Waals surface area contributed by atoms with Gasteiger partial charge in [0.15, 0.2) is 0 Å². The quantitative estimate of drug-likeness (QED) is 0.246. The summed E-state index contributed by atoms with van der Waals surface area (Å²) in [5, 5.41) is 9.11. The van der Waals surface area contributed by atoms with E-state index in [9.17, 15) is 9.59 Å². The Morgan fingerprint density at radius 3 is 2.07 bits per heavy atom. The van der Waals surface area contributed by atoms with Crippen molar-refractivity contribution in [3.05, 3.63) is 12.2 Å². The molecule has 0 bridgehead atoms. The summed E-state index contributed by atoms with van der Waals surface area (Å²) in [4.78, 5) is 25.1. The zero-order chi connectivity index (χ0) is 20.5. The molecule has 1 rings (SSSR count). The average molecular weight is 394 g/mol. The molecule has 28 heavy (non-hydrogen) atoms. The predicted molar refractivity (Wildman–Crippen MR) is 116 cm³/mol. The first-order chi connectivity index (χ1) is 13.6. The van der Waals surface area contributed by atoms with Gasteiger partial charge in [-0.15, -0.1) is 0 Å². The van der Waals surface area contributed by atoms with Crippen LogP contribution in [-0.2, 0) is 9.59 Å². The van der Waals surface area contributed by atoms with Crippen molar-refractivity contribution in [1.82, 2.24) is 4.90 Å². The Kier molecular flexibility index (Phi) is 14.7. The van der Waals surface area contributed by atoms with E-state index in [-0.39, 0.29) is 11.8 Å². The number of hydrogen-bond donors (Lipinski definition) is 1. The third kappa shape index (κ3) is 12.2. The number of aliphatic carboxylic acids is 1. The Labute approximate surface area is 172 Å². The summed E-state index contributed by atoms with van der Waals surface area (Å²) < 4.78 is 0. The van der Waals surface area contributed by atoms with Crippen molar-refractivity contribution in [2.75, 3.05) is 13.1 Å². The maximum absolute atomic E-state index is 12.2. The summed E-state index contributed by atoms with van der Waals surface area (Å²) >= 11 is 0. The number of carboxylic acid groups (broad SMARTS) is 1. The number of rotatable bonds is 16. The first-order valence-electron chi connectivity index (χ1n) is 11.8. The lowest BCUT2D eigenvalue weighted by atomic mass is 9.98. The highest BCUT2D eigenvalue weighted by Gasteiger charge is 2.27. The summed E-state index contributed by atoms with van der Waals surface area (Å²) in [7, 11) is 0. The highest BCUT2D eigenvalue weighted by molar-refractivity contribution is 5.78. The Morgan fingerprint density at radius 1 is 0.893 bits per heavy atom. The van der Waals surface area contributed by atoms with E-state index >= 15 is 0 Å². The molecule has 1 aliphatic rings. The molecule has 0 radical (unpaired) electrons. The number of carbonyl (C=O) groups excluding carboxylic acids is 1. The summed E-state index contributed by atoms with van der Waals surface area (Å²) in [6.45, 7) is 3.39. The van der Waals surface area contributed by atoms with E-state index in [1.54, 1.807) is 4.90 Å². The molecule has 1 fully saturated rings. The van der Waals surface area contributed by atoms with Crippen LogP contribution in [0, 0.1) is 5.92 Å². The van der Waals surface area contributed by atoms with Crippen LogP contribution in [0.5, 0.6) is 0 Å². The number of nitrogens with zero attached hydrogens (tertiary/aromatic N) is 1. The molecule has 0 aromatic rings. The molecule has 1 atom stereocenters. The average Bonchev–Trinajstić information content (AvgIpc) is 2.70. The van der Waals surface area contributed by atoms with Gasteiger partial charge in [0.2, 0.25) is 5.91 Å². The van der Waals surface area contributed by atoms with Gasteiger partial charge < -0.3 is 10.0 Å². The monoisotopic (exact) mass is 393 g/mol. The van der Waals surface area contributed by atoms with E-state index in [0.29, 0.717) is 19.4 Å². The lowest BCUT2D eigenvalue weighted by molar-refractivity contribution is -0.145. The van der Waals surface area contributed by atoms with Gasteiger partial charge in [-0.1, -0.05) is 70.4 Å². The van der Waals surface area contributed by atoms with Crippen LogP contribution in [0.15, 0.2) is 12.2 Å². The van der Waals surface area contributed by atoms with Crippen LogP contribution in [0.25, 0.3) is 0 Å². The first kappa shape index (κ1) is 24.7. The summed E-state index contributed by atoms with van der Waals surface area (Å²) in [5.41, 5.74) is 0. The fraction of sp³-hybridized carbons (Fsp3) is 0.833. The molecule has 4 nitrogen and oxygen atoms in total. The Bertz CT molecular complexity index is 447. The number of likely N-dealkylation sites (tertiary alicyclic amines) is 1. The summed E-state index contributed by atoms with van der Waals surface area (Å²) in [6.07, 6.45) is 23.1. The van der Waals surface area contributed by atoms with Crippen molar-refractivity contribution in [1.29, 1.82) is 0 Å². The molecule has 1 N–H and O–H groups in total. The molecule has 0 aromatic heterocycles. The second kappa shape index (κ2) is 16.6. The number of allylic oxidation sites excluding steroid dienone is 2. The van der Waals surface area contributed by atoms with Gasteiger partial charge in [0.1, 0.15) is 0 Å². The number of carboxylic acids is 1. The van der Waals surface area contributed by atoms with E-state index in [1.165, 1.54) is 70.6 Å². The van der Waals surface area contributed by atoms with Crippen molar-refractivity contribution in [3.63, 3.8) is 0 Å². The van der Waals surface area contributed by atoms with E-state index in [4.69, 9.17) is 5.11 Å². The molecule has 0 aliphatic carbocycles. The lowest BCUT2D eigenvalue weighted by Gasteiger charge is -2.30. The maximum atomic E-state index is 12.2. The molecule has 1 heterocycles. The van der Waals surface area contributed by atoms with E-state index in [1.807, 2.05) is 0 Å². The van der Waals surface area contributed by atoms with Gasteiger partial charge in [0.25, 0.3) is 0 Å². The first-order valence-corrected chi connectivity index (χ1v) is 11.8. The van der Waals surface area contributed by atoms with Gasteiger partial charge >= 0.3 is 5.97 Å². The van der Waals surface area contributed by atoms with Crippen LogP contribution in [0.1, 0.15) is 110 Å². The van der Waals surface area contributed by atoms with Gasteiger partial charge in [0.05, 0.1) is 5.92 Å². The second-order valence-corrected chi connectivity index (χ2v) is 8.35. The van der Waals surface area contributed by atoms with Crippen LogP contribution in [-0.4, -0.2) is 35.0 Å². The third-order valence-electron chi connectivity index (χ3n) is 5.78. The number of carbonyl (C=O) groups is 2. The summed E-state index contributed by atoms with van der Waals surface area (Å²) in [6, 6.07) is 0. The number of piperidine rings is 1. The van der Waals surface area contributed by atoms with Crippen molar-refractivity contribution in [2.45, 2.75) is 110 Å². The Balaban J connectivity index is 1.90. The molecule has 162 valence electrons. The SMILES string of the molecule is CCCCCCCC/C=C\CCCCCCCC(=O)N1CCCC(C(=O)O)C1. The fourth-order valence-corrected chi connectivity index (χ4v) is 3.91. The van der Waals surface area contributed by atoms with Gasteiger partial charge in [-0.3, -0.25) is 9.59 Å². The normalized spacial score (nSPS) is 17.3. The number of amides is 1. The molecule has 1 saturated heterocycles. The predicted octanol–water partition coefficient (Wildman–Crippen LogP) is 6.35. The zero-order valence-corrected chi connectivity index (χ0v) is 18.2. The Morgan fingerprint density at radius 2 is 1.46 bits per heavy atom. The molecule has 1 unspecified atom stereocenters. The number of unbranched alkanes of at least 4 members (excludes halogenated alkanes) is 11. The van der Waals surface area contributed by atoms with Crippen LogP contribution in [0.4, 0.5) is 0 Å². The molecule has 1 aliphatic heterocycles. The molecular formula is C24H43NO3.